The first kappa shape index (κ1) is 22.7. The molecule has 1 N–H and O–H groups in total. The zero-order valence-electron chi connectivity index (χ0n) is 20.6. The van der Waals surface area contributed by atoms with Gasteiger partial charge in [-0.15, -0.1) is 0 Å². The fourth-order valence-corrected chi connectivity index (χ4v) is 7.49. The number of nitro benzene ring substituents is 1. The number of aryl methyl sites for hydroxylation is 1. The van der Waals surface area contributed by atoms with Gasteiger partial charge in [-0.3, -0.25) is 29.4 Å². The van der Waals surface area contributed by atoms with E-state index in [4.69, 9.17) is 0 Å². The fraction of sp³-hybridized carbons (Fsp3) is 0.233. The highest BCUT2D eigenvalue weighted by Crippen LogP contribution is 2.63. The van der Waals surface area contributed by atoms with E-state index in [9.17, 15) is 24.5 Å². The van der Waals surface area contributed by atoms with E-state index >= 15 is 0 Å². The molecule has 0 unspecified atom stereocenters. The van der Waals surface area contributed by atoms with Gasteiger partial charge >= 0.3 is 0 Å². The summed E-state index contributed by atoms with van der Waals surface area (Å²) in [6.45, 7) is 0.282. The highest BCUT2D eigenvalue weighted by atomic mass is 16.6. The summed E-state index contributed by atoms with van der Waals surface area (Å²) in [5.74, 6) is -1.48. The molecule has 1 aliphatic heterocycles. The number of hydrogen-bond donors (Lipinski definition) is 1. The summed E-state index contributed by atoms with van der Waals surface area (Å²) in [4.78, 5) is 59.5. The molecule has 3 aliphatic rings. The Balaban J connectivity index is 1.50. The van der Waals surface area contributed by atoms with Crippen molar-refractivity contribution in [1.82, 2.24) is 9.88 Å². The van der Waals surface area contributed by atoms with E-state index in [1.807, 2.05) is 24.3 Å². The van der Waals surface area contributed by atoms with Gasteiger partial charge in [0.15, 0.2) is 22.9 Å². The molecule has 38 heavy (non-hydrogen) atoms. The van der Waals surface area contributed by atoms with Crippen LogP contribution >= 0.6 is 0 Å². The van der Waals surface area contributed by atoms with Crippen molar-refractivity contribution in [3.8, 4) is 0 Å². The second kappa shape index (κ2) is 7.55. The molecule has 1 saturated heterocycles. The number of nitrogens with zero attached hydrogens (tertiary/aromatic N) is 2. The van der Waals surface area contributed by atoms with Crippen LogP contribution < -0.4 is 0 Å². The number of para-hydroxylation sites is 1. The number of nitro groups is 1. The Labute approximate surface area is 217 Å². The third-order valence-electron chi connectivity index (χ3n) is 9.06. The Morgan fingerprint density at radius 2 is 1.53 bits per heavy atom. The molecule has 3 aromatic carbocycles. The lowest BCUT2D eigenvalue weighted by Crippen LogP contribution is -2.65. The van der Waals surface area contributed by atoms with Crippen molar-refractivity contribution in [2.75, 3.05) is 13.6 Å². The van der Waals surface area contributed by atoms with Crippen LogP contribution in [-0.4, -0.2) is 51.3 Å². The van der Waals surface area contributed by atoms with Crippen molar-refractivity contribution in [2.45, 2.75) is 24.3 Å². The molecule has 0 bridgehead atoms. The third-order valence-corrected chi connectivity index (χ3v) is 9.06. The number of carbonyl (C=O) groups excluding carboxylic acids is 3. The minimum atomic E-state index is -1.70. The molecule has 1 aromatic heterocycles. The Morgan fingerprint density at radius 3 is 2.18 bits per heavy atom. The van der Waals surface area contributed by atoms with Crippen LogP contribution in [0, 0.1) is 15.5 Å². The molecule has 188 valence electrons. The summed E-state index contributed by atoms with van der Waals surface area (Å²) in [6.07, 6.45) is 0.819. The molecule has 1 fully saturated rings. The molecule has 4 aromatic rings. The van der Waals surface area contributed by atoms with Gasteiger partial charge in [-0.1, -0.05) is 54.6 Å². The number of carbonyl (C=O) groups is 3. The van der Waals surface area contributed by atoms with Gasteiger partial charge in [-0.25, -0.2) is 0 Å². The zero-order chi connectivity index (χ0) is 26.4. The van der Waals surface area contributed by atoms with Gasteiger partial charge in [-0.05, 0) is 37.1 Å². The maximum atomic E-state index is 14.8. The number of non-ortho nitro benzene ring substituents is 1. The molecule has 8 nitrogen and oxygen atoms in total. The lowest BCUT2D eigenvalue weighted by molar-refractivity contribution is -0.384. The zero-order valence-corrected chi connectivity index (χ0v) is 20.6. The first-order valence-electron chi connectivity index (χ1n) is 12.6. The first-order valence-corrected chi connectivity index (χ1v) is 12.6. The number of benzene rings is 3. The van der Waals surface area contributed by atoms with Crippen LogP contribution in [0.15, 0.2) is 72.8 Å². The summed E-state index contributed by atoms with van der Waals surface area (Å²) >= 11 is 0. The van der Waals surface area contributed by atoms with Gasteiger partial charge in [0.25, 0.3) is 5.69 Å². The lowest BCUT2D eigenvalue weighted by Gasteiger charge is -2.46. The summed E-state index contributed by atoms with van der Waals surface area (Å²) < 4.78 is 0. The van der Waals surface area contributed by atoms with E-state index in [1.165, 1.54) is 12.1 Å². The summed E-state index contributed by atoms with van der Waals surface area (Å²) in [5.41, 5.74) is 0.401. The first-order chi connectivity index (χ1) is 18.3. The molecular formula is C30H23N3O5. The SMILES string of the molecule is CN1C[C@@H](c2ccc([N+](=O)[O-])cc2)[C@@]2(CCc3c([nH]c4ccccc34)C2=O)C12C(=O)c1ccccc1C2=O. The van der Waals surface area contributed by atoms with Gasteiger partial charge in [0.2, 0.25) is 0 Å². The number of aromatic nitrogens is 1. The molecule has 2 atom stereocenters. The van der Waals surface area contributed by atoms with E-state index in [1.54, 1.807) is 48.3 Å². The second-order valence-electron chi connectivity index (χ2n) is 10.5. The minimum Gasteiger partial charge on any atom is -0.352 e. The number of rotatable bonds is 2. The molecule has 7 rings (SSSR count). The maximum Gasteiger partial charge on any atom is 0.269 e. The Bertz CT molecular complexity index is 1680. The van der Waals surface area contributed by atoms with Crippen molar-refractivity contribution in [3.05, 3.63) is 111 Å². The molecule has 0 amide bonds. The van der Waals surface area contributed by atoms with Crippen LogP contribution in [-0.2, 0) is 6.42 Å². The average molecular weight is 506 g/mol. The molecule has 2 spiro atoms. The monoisotopic (exact) mass is 505 g/mol. The van der Waals surface area contributed by atoms with Crippen LogP contribution in [0.1, 0.15) is 54.7 Å². The van der Waals surface area contributed by atoms with E-state index in [-0.39, 0.29) is 29.6 Å². The van der Waals surface area contributed by atoms with Crippen molar-refractivity contribution in [2.24, 2.45) is 5.41 Å². The quantitative estimate of drug-likeness (QED) is 0.239. The highest BCUT2D eigenvalue weighted by Gasteiger charge is 2.76. The number of fused-ring (bicyclic) bond motifs is 5. The standard InChI is InChI=1S/C30H23N3O5/c1-32-16-23(17-10-12-18(13-11-17)33(37)38)29(30(32)26(34)21-7-2-3-8-22(21)27(30)35)15-14-20-19-6-4-5-9-24(19)31-25(20)28(29)36/h2-13,23,31H,14-16H2,1H3/t23-,29+/m0/s1. The van der Waals surface area contributed by atoms with E-state index in [0.717, 1.165) is 16.5 Å². The molecular weight excluding hydrogens is 482 g/mol. The van der Waals surface area contributed by atoms with Crippen LogP contribution in [0.3, 0.4) is 0 Å². The summed E-state index contributed by atoms with van der Waals surface area (Å²) in [6, 6.07) is 20.7. The predicted molar refractivity (Wildman–Crippen MR) is 140 cm³/mol. The smallest absolute Gasteiger partial charge is 0.269 e. The van der Waals surface area contributed by atoms with Crippen LogP contribution in [0.25, 0.3) is 10.9 Å². The number of Topliss-reactive ketones (excluding diaryl/α,β-unsaturated/α-hetero) is 3. The van der Waals surface area contributed by atoms with Gasteiger partial charge in [-0.2, -0.15) is 0 Å². The Hall–Kier alpha value is -4.43. The van der Waals surface area contributed by atoms with Crippen LogP contribution in [0.5, 0.6) is 0 Å². The van der Waals surface area contributed by atoms with Gasteiger partial charge in [0.1, 0.15) is 0 Å². The molecule has 8 heteroatoms. The fourth-order valence-electron chi connectivity index (χ4n) is 7.49. The highest BCUT2D eigenvalue weighted by molar-refractivity contribution is 6.36. The van der Waals surface area contributed by atoms with E-state index < -0.39 is 21.8 Å². The molecule has 2 aliphatic carbocycles. The summed E-state index contributed by atoms with van der Waals surface area (Å²) in [5, 5.41) is 12.3. The van der Waals surface area contributed by atoms with Crippen LogP contribution in [0.2, 0.25) is 0 Å². The van der Waals surface area contributed by atoms with Crippen molar-refractivity contribution in [1.29, 1.82) is 0 Å². The number of likely N-dealkylation sites (N-methyl/N-ethyl adjacent to an activating group) is 1. The van der Waals surface area contributed by atoms with Crippen molar-refractivity contribution in [3.63, 3.8) is 0 Å². The molecule has 2 heterocycles. The Morgan fingerprint density at radius 1 is 0.895 bits per heavy atom. The normalized spacial score (nSPS) is 23.9. The van der Waals surface area contributed by atoms with Crippen molar-refractivity contribution >= 4 is 33.9 Å². The van der Waals surface area contributed by atoms with Gasteiger partial charge < -0.3 is 4.98 Å². The topological polar surface area (TPSA) is 113 Å². The average Bonchev–Trinajstić information content (AvgIpc) is 3.52. The number of ketones is 3. The Kier molecular flexibility index (Phi) is 4.52. The maximum absolute atomic E-state index is 14.8. The van der Waals surface area contributed by atoms with Crippen LogP contribution in [0.4, 0.5) is 5.69 Å². The summed E-state index contributed by atoms with van der Waals surface area (Å²) in [7, 11) is 1.74. The van der Waals surface area contributed by atoms with E-state index in [0.29, 0.717) is 35.2 Å². The molecule has 0 radical (unpaired) electrons. The minimum absolute atomic E-state index is 0.0582. The number of aromatic amines is 1. The second-order valence-corrected chi connectivity index (χ2v) is 10.5. The molecule has 0 saturated carbocycles. The third kappa shape index (κ3) is 2.50. The number of likely N-dealkylation sites (tertiary alicyclic amines) is 1. The van der Waals surface area contributed by atoms with Gasteiger partial charge in [0, 0.05) is 46.6 Å². The predicted octanol–water partition coefficient (Wildman–Crippen LogP) is 4.74. The lowest BCUT2D eigenvalue weighted by atomic mass is 9.54. The van der Waals surface area contributed by atoms with Gasteiger partial charge in [0.05, 0.1) is 16.0 Å². The number of hydrogen-bond acceptors (Lipinski definition) is 6. The largest absolute Gasteiger partial charge is 0.352 e. The number of H-pyrrole nitrogens is 1. The number of nitrogens with one attached hydrogen (secondary N) is 1. The van der Waals surface area contributed by atoms with Crippen molar-refractivity contribution < 1.29 is 19.3 Å². The van der Waals surface area contributed by atoms with E-state index in [2.05, 4.69) is 4.98 Å².